The molecule has 1 amide bonds. The third-order valence-electron chi connectivity index (χ3n) is 3.48. The molecule has 0 fully saturated rings. The van der Waals surface area contributed by atoms with Crippen LogP contribution in [0.1, 0.15) is 41.5 Å². The summed E-state index contributed by atoms with van der Waals surface area (Å²) < 4.78 is 0. The van der Waals surface area contributed by atoms with Gasteiger partial charge in [-0.1, -0.05) is 41.5 Å². The van der Waals surface area contributed by atoms with Crippen LogP contribution in [0.2, 0.25) is 0 Å². The number of nitrogens with zero attached hydrogens (tertiary/aromatic N) is 2. The molecule has 0 aromatic heterocycles. The maximum absolute atomic E-state index is 12.4. The van der Waals surface area contributed by atoms with Gasteiger partial charge < -0.3 is 15.5 Å². The zero-order valence-electron chi connectivity index (χ0n) is 13.6. The molecule has 1 atom stereocenters. The van der Waals surface area contributed by atoms with E-state index in [0.29, 0.717) is 5.92 Å². The molecule has 0 radical (unpaired) electrons. The van der Waals surface area contributed by atoms with Crippen molar-refractivity contribution in [1.82, 2.24) is 9.80 Å². The van der Waals surface area contributed by atoms with Crippen LogP contribution in [0, 0.1) is 11.8 Å². The molecule has 0 heterocycles. The van der Waals surface area contributed by atoms with Crippen molar-refractivity contribution in [2.45, 2.75) is 47.6 Å². The van der Waals surface area contributed by atoms with Crippen molar-refractivity contribution in [2.75, 3.05) is 32.7 Å². The monoisotopic (exact) mass is 271 g/mol. The van der Waals surface area contributed by atoms with E-state index < -0.39 is 0 Å². The molecule has 0 bridgehead atoms. The fourth-order valence-corrected chi connectivity index (χ4v) is 2.03. The highest BCUT2D eigenvalue weighted by Crippen LogP contribution is 2.07. The third-order valence-corrected chi connectivity index (χ3v) is 3.48. The molecular weight excluding hydrogens is 238 g/mol. The predicted octanol–water partition coefficient (Wildman–Crippen LogP) is 1.80. The summed E-state index contributed by atoms with van der Waals surface area (Å²) in [6.07, 6.45) is 0. The van der Waals surface area contributed by atoms with Gasteiger partial charge in [-0.25, -0.2) is 0 Å². The second-order valence-electron chi connectivity index (χ2n) is 5.97. The van der Waals surface area contributed by atoms with Crippen molar-refractivity contribution in [2.24, 2.45) is 17.6 Å². The quantitative estimate of drug-likeness (QED) is 0.695. The van der Waals surface area contributed by atoms with Crippen LogP contribution in [0.15, 0.2) is 0 Å². The smallest absolute Gasteiger partial charge is 0.239 e. The van der Waals surface area contributed by atoms with Gasteiger partial charge in [-0.2, -0.15) is 0 Å². The van der Waals surface area contributed by atoms with Crippen LogP contribution >= 0.6 is 0 Å². The predicted molar refractivity (Wildman–Crippen MR) is 82.0 cm³/mol. The first-order chi connectivity index (χ1) is 8.83. The second-order valence-corrected chi connectivity index (χ2v) is 5.97. The Balaban J connectivity index is 4.58. The van der Waals surface area contributed by atoms with Gasteiger partial charge in [-0.3, -0.25) is 4.79 Å². The number of nitrogens with two attached hydrogens (primary N) is 1. The Kier molecular flexibility index (Phi) is 9.02. The Hall–Kier alpha value is -0.610. The molecule has 0 saturated heterocycles. The van der Waals surface area contributed by atoms with Gasteiger partial charge in [0.1, 0.15) is 0 Å². The first kappa shape index (κ1) is 18.4. The summed E-state index contributed by atoms with van der Waals surface area (Å²) >= 11 is 0. The van der Waals surface area contributed by atoms with Gasteiger partial charge in [0.25, 0.3) is 0 Å². The van der Waals surface area contributed by atoms with E-state index >= 15 is 0 Å². The average molecular weight is 271 g/mol. The Morgan fingerprint density at radius 2 is 1.58 bits per heavy atom. The summed E-state index contributed by atoms with van der Waals surface area (Å²) in [6, 6.07) is -0.379. The van der Waals surface area contributed by atoms with Crippen LogP contribution in [-0.2, 0) is 4.79 Å². The SMILES string of the molecule is CCN(CC)CCN(CC(C)C)C(=O)[C@@H](N)C(C)C. The van der Waals surface area contributed by atoms with E-state index in [4.69, 9.17) is 5.73 Å². The molecule has 4 heteroatoms. The molecule has 0 aliphatic carbocycles. The minimum absolute atomic E-state index is 0.0934. The van der Waals surface area contributed by atoms with Crippen LogP contribution < -0.4 is 5.73 Å². The molecular formula is C15H33N3O. The highest BCUT2D eigenvalue weighted by molar-refractivity contribution is 5.81. The Morgan fingerprint density at radius 1 is 1.05 bits per heavy atom. The summed E-state index contributed by atoms with van der Waals surface area (Å²) in [5.74, 6) is 0.756. The number of likely N-dealkylation sites (N-methyl/N-ethyl adjacent to an activating group) is 1. The van der Waals surface area contributed by atoms with E-state index in [1.165, 1.54) is 0 Å². The molecule has 4 nitrogen and oxygen atoms in total. The van der Waals surface area contributed by atoms with Gasteiger partial charge in [0.15, 0.2) is 0 Å². The molecule has 0 aromatic carbocycles. The fraction of sp³-hybridized carbons (Fsp3) is 0.933. The minimum atomic E-state index is -0.379. The number of rotatable bonds is 9. The van der Waals surface area contributed by atoms with Crippen molar-refractivity contribution in [3.63, 3.8) is 0 Å². The maximum Gasteiger partial charge on any atom is 0.239 e. The van der Waals surface area contributed by atoms with Crippen LogP contribution in [0.5, 0.6) is 0 Å². The zero-order valence-corrected chi connectivity index (χ0v) is 13.6. The number of carbonyl (C=O) groups is 1. The fourth-order valence-electron chi connectivity index (χ4n) is 2.03. The summed E-state index contributed by atoms with van der Waals surface area (Å²) in [7, 11) is 0. The zero-order chi connectivity index (χ0) is 15.0. The summed E-state index contributed by atoms with van der Waals surface area (Å²) in [5, 5.41) is 0. The van der Waals surface area contributed by atoms with Crippen LogP contribution in [0.25, 0.3) is 0 Å². The number of amides is 1. The first-order valence-electron chi connectivity index (χ1n) is 7.60. The Labute approximate surface area is 119 Å². The summed E-state index contributed by atoms with van der Waals surface area (Å²) in [5.41, 5.74) is 6.00. The molecule has 0 aliphatic heterocycles. The van der Waals surface area contributed by atoms with E-state index in [9.17, 15) is 4.79 Å². The number of hydrogen-bond acceptors (Lipinski definition) is 3. The third kappa shape index (κ3) is 6.92. The molecule has 0 aliphatic rings. The molecule has 0 spiro atoms. The molecule has 0 unspecified atom stereocenters. The van der Waals surface area contributed by atoms with E-state index in [1.807, 2.05) is 18.7 Å². The van der Waals surface area contributed by atoms with Gasteiger partial charge in [0, 0.05) is 19.6 Å². The maximum atomic E-state index is 12.4. The summed E-state index contributed by atoms with van der Waals surface area (Å²) in [6.45, 7) is 17.1. The molecule has 0 rings (SSSR count). The lowest BCUT2D eigenvalue weighted by Gasteiger charge is -2.30. The molecule has 0 saturated carbocycles. The van der Waals surface area contributed by atoms with Crippen LogP contribution in [0.3, 0.4) is 0 Å². The topological polar surface area (TPSA) is 49.6 Å². The molecule has 114 valence electrons. The van der Waals surface area contributed by atoms with Gasteiger partial charge in [0.2, 0.25) is 5.91 Å². The second kappa shape index (κ2) is 9.32. The van der Waals surface area contributed by atoms with Crippen molar-refractivity contribution in [3.05, 3.63) is 0 Å². The van der Waals surface area contributed by atoms with Gasteiger partial charge >= 0.3 is 0 Å². The van der Waals surface area contributed by atoms with Gasteiger partial charge in [0.05, 0.1) is 6.04 Å². The van der Waals surface area contributed by atoms with Gasteiger partial charge in [-0.05, 0) is 24.9 Å². The largest absolute Gasteiger partial charge is 0.340 e. The lowest BCUT2D eigenvalue weighted by atomic mass is 10.0. The van der Waals surface area contributed by atoms with Crippen LogP contribution in [0.4, 0.5) is 0 Å². The Morgan fingerprint density at radius 3 is 1.95 bits per heavy atom. The number of carbonyl (C=O) groups excluding carboxylic acids is 1. The van der Waals surface area contributed by atoms with Crippen molar-refractivity contribution in [3.8, 4) is 0 Å². The highest BCUT2D eigenvalue weighted by Gasteiger charge is 2.24. The van der Waals surface area contributed by atoms with Crippen LogP contribution in [-0.4, -0.2) is 54.5 Å². The van der Waals surface area contributed by atoms with Crippen molar-refractivity contribution < 1.29 is 4.79 Å². The van der Waals surface area contributed by atoms with Crippen molar-refractivity contribution in [1.29, 1.82) is 0 Å². The summed E-state index contributed by atoms with van der Waals surface area (Å²) in [4.78, 5) is 16.7. The molecule has 19 heavy (non-hydrogen) atoms. The lowest BCUT2D eigenvalue weighted by molar-refractivity contribution is -0.134. The van der Waals surface area contributed by atoms with E-state index in [2.05, 4.69) is 32.6 Å². The highest BCUT2D eigenvalue weighted by atomic mass is 16.2. The van der Waals surface area contributed by atoms with Gasteiger partial charge in [-0.15, -0.1) is 0 Å². The number of hydrogen-bond donors (Lipinski definition) is 1. The molecule has 0 aromatic rings. The van der Waals surface area contributed by atoms with E-state index in [0.717, 1.165) is 32.7 Å². The van der Waals surface area contributed by atoms with E-state index in [-0.39, 0.29) is 17.9 Å². The molecule has 2 N–H and O–H groups in total. The lowest BCUT2D eigenvalue weighted by Crippen LogP contribution is -2.49. The average Bonchev–Trinajstić information content (AvgIpc) is 2.36. The minimum Gasteiger partial charge on any atom is -0.340 e. The Bertz CT molecular complexity index is 250. The van der Waals surface area contributed by atoms with Crippen molar-refractivity contribution >= 4 is 5.91 Å². The first-order valence-corrected chi connectivity index (χ1v) is 7.60. The standard InChI is InChI=1S/C15H33N3O/c1-7-17(8-2)9-10-18(11-12(3)4)15(19)14(16)13(5)6/h12-14H,7-11,16H2,1-6H3/t14-/m0/s1. The van der Waals surface area contributed by atoms with E-state index in [1.54, 1.807) is 0 Å². The normalized spacial score (nSPS) is 13.4.